The number of esters is 2. The zero-order valence-electron chi connectivity index (χ0n) is 33.8. The third-order valence-electron chi connectivity index (χ3n) is 11.8. The molecule has 11 heteroatoms. The van der Waals surface area contributed by atoms with E-state index >= 15 is 0 Å². The van der Waals surface area contributed by atoms with Gasteiger partial charge in [0.25, 0.3) is 0 Å². The van der Waals surface area contributed by atoms with E-state index in [9.17, 15) is 19.2 Å². The average molecular weight is 757 g/mol. The maximum atomic E-state index is 14.3. The smallest absolute Gasteiger partial charge is 0.664 e. The normalized spacial score (nSPS) is 26.9. The summed E-state index contributed by atoms with van der Waals surface area (Å²) in [7, 11) is 1.27. The van der Waals surface area contributed by atoms with Gasteiger partial charge < -0.3 is 30.1 Å². The number of unbranched alkanes of at least 4 members (excludes halogenated alkanes) is 2. The Hall–Kier alpha value is -4.09. The standard InChI is InChI=1S/C44H54N4O6.Mg/c1-10-12-13-14-22(3)17-18-54-36(50)16-15-29-24(5)31-19-32-25(6)37(27(8)49)35(46-32)21-30-23(4)28(11-2)34(45-30)20-33-26(7)38-42(48-33)39(41(29)47-31)40(43(38)51)44(52)53-9;/h17,19-21,23-24,28-29,40H,10-16,18H2,1-9H3,(H2-2,45,46,47,48,49,51);/q-2;+2/p-2/b22-17-,31-19-,34-20-;/t23-,24+,28-,29+,40-;/m1./s1. The minimum atomic E-state index is -1.24. The Kier molecular flexibility index (Phi) is 13.3. The average Bonchev–Trinajstić information content (AvgIpc) is 3.87. The van der Waals surface area contributed by atoms with Gasteiger partial charge in [0.05, 0.1) is 7.11 Å². The topological polar surface area (TPSA) is 143 Å². The van der Waals surface area contributed by atoms with Crippen molar-refractivity contribution in [3.05, 3.63) is 90.1 Å². The molecule has 10 nitrogen and oxygen atoms in total. The van der Waals surface area contributed by atoms with E-state index in [2.05, 4.69) is 27.7 Å². The van der Waals surface area contributed by atoms with E-state index < -0.39 is 11.9 Å². The Bertz CT molecular complexity index is 2040. The summed E-state index contributed by atoms with van der Waals surface area (Å²) in [6.07, 6.45) is 13.4. The van der Waals surface area contributed by atoms with Crippen LogP contribution < -0.4 is 9.97 Å². The number of hydrogen-bond acceptors (Lipinski definition) is 6. The van der Waals surface area contributed by atoms with Gasteiger partial charge in [-0.15, -0.1) is 22.8 Å². The number of Topliss-reactive ketones (excluding diaryl/α,β-unsaturated/α-hetero) is 2. The molecular weight excluding hydrogens is 705 g/mol. The summed E-state index contributed by atoms with van der Waals surface area (Å²) in [6, 6.07) is 0. The molecule has 2 saturated heterocycles. The van der Waals surface area contributed by atoms with Crippen molar-refractivity contribution in [1.82, 2.24) is 9.97 Å². The van der Waals surface area contributed by atoms with Gasteiger partial charge in [-0.2, -0.15) is 22.8 Å². The molecule has 0 unspecified atom stereocenters. The van der Waals surface area contributed by atoms with Gasteiger partial charge in [-0.3, -0.25) is 19.2 Å². The van der Waals surface area contributed by atoms with Gasteiger partial charge in [0, 0.05) is 17.5 Å². The van der Waals surface area contributed by atoms with E-state index in [0.717, 1.165) is 42.6 Å². The second-order valence-electron chi connectivity index (χ2n) is 15.3. The second kappa shape index (κ2) is 17.4. The first kappa shape index (κ1) is 42.1. The second-order valence-corrected chi connectivity index (χ2v) is 15.3. The number of aromatic nitrogens is 2. The van der Waals surface area contributed by atoms with Crippen molar-refractivity contribution in [3.8, 4) is 0 Å². The molecule has 288 valence electrons. The van der Waals surface area contributed by atoms with Crippen LogP contribution in [0.1, 0.15) is 141 Å². The molecule has 5 atom stereocenters. The molecule has 0 saturated carbocycles. The van der Waals surface area contributed by atoms with E-state index in [1.807, 2.05) is 45.1 Å². The van der Waals surface area contributed by atoms with E-state index in [-0.39, 0.29) is 77.3 Å². The van der Waals surface area contributed by atoms with Crippen LogP contribution in [0.25, 0.3) is 34.4 Å². The first-order valence-corrected chi connectivity index (χ1v) is 19.4. The maximum absolute atomic E-state index is 14.3. The number of carbonyl (C=O) groups is 4. The monoisotopic (exact) mass is 756 g/mol. The minimum absolute atomic E-state index is 0. The third-order valence-corrected chi connectivity index (χ3v) is 11.8. The Morgan fingerprint density at radius 2 is 1.49 bits per heavy atom. The number of carbonyl (C=O) groups excluding carboxylic acids is 4. The number of nitrogens with zero attached hydrogens (tertiary/aromatic N) is 4. The van der Waals surface area contributed by atoms with Gasteiger partial charge in [-0.25, -0.2) is 0 Å². The van der Waals surface area contributed by atoms with Crippen molar-refractivity contribution in [3.63, 3.8) is 0 Å². The summed E-state index contributed by atoms with van der Waals surface area (Å²) in [6.45, 7) is 16.0. The molecule has 0 spiro atoms. The molecule has 5 heterocycles. The Morgan fingerprint density at radius 3 is 2.16 bits per heavy atom. The molecule has 0 radical (unpaired) electrons. The molecule has 1 aliphatic carbocycles. The van der Waals surface area contributed by atoms with E-state index in [1.54, 1.807) is 6.92 Å². The Morgan fingerprint density at radius 1 is 0.836 bits per heavy atom. The van der Waals surface area contributed by atoms with Gasteiger partial charge in [-0.05, 0) is 76.7 Å². The molecule has 0 amide bonds. The zero-order valence-corrected chi connectivity index (χ0v) is 35.2. The van der Waals surface area contributed by atoms with Crippen molar-refractivity contribution in [2.45, 2.75) is 100 Å². The molecular formula is C44H52MgN4O6-2. The number of ketones is 2. The molecule has 8 bridgehead atoms. The third kappa shape index (κ3) is 7.97. The summed E-state index contributed by atoms with van der Waals surface area (Å²) in [5, 5.41) is 10.2. The van der Waals surface area contributed by atoms with Gasteiger partial charge in [0.15, 0.2) is 11.6 Å². The van der Waals surface area contributed by atoms with Crippen molar-refractivity contribution in [2.75, 3.05) is 13.7 Å². The fourth-order valence-corrected chi connectivity index (χ4v) is 8.54. The van der Waals surface area contributed by atoms with Crippen LogP contribution in [-0.4, -0.2) is 60.3 Å². The number of ether oxygens (including phenoxy) is 2. The van der Waals surface area contributed by atoms with Crippen LogP contribution in [0.2, 0.25) is 0 Å². The van der Waals surface area contributed by atoms with Crippen molar-refractivity contribution in [1.29, 1.82) is 0 Å². The van der Waals surface area contributed by atoms with Crippen LogP contribution in [0.15, 0.2) is 34.4 Å². The summed E-state index contributed by atoms with van der Waals surface area (Å²) < 4.78 is 10.9. The van der Waals surface area contributed by atoms with Crippen LogP contribution in [-0.2, 0) is 19.1 Å². The summed E-state index contributed by atoms with van der Waals surface area (Å²) >= 11 is 0. The van der Waals surface area contributed by atoms with Gasteiger partial charge in [0.1, 0.15) is 12.5 Å². The van der Waals surface area contributed by atoms with Crippen LogP contribution in [0, 0.1) is 43.4 Å². The molecule has 0 N–H and O–H groups in total. The first-order valence-electron chi connectivity index (χ1n) is 19.4. The minimum Gasteiger partial charge on any atom is -0.664 e. The van der Waals surface area contributed by atoms with Crippen LogP contribution in [0.4, 0.5) is 0 Å². The fraction of sp³-hybridized carbons (Fsp3) is 0.500. The molecule has 2 aromatic rings. The SMILES string of the molecule is CCCCC/C(C)=C\COC(=O)CC[C@@H]1/C2=C3/c4[n-]c(c(C)c4C(=O)[C@@H]3C(=O)OC)/C=C3\[N-]/C(=C\c4[n-]c(c(C)c4C(C)=O)/C=C(\[N-]2)[C@H]1C)[C@H](C)[C@H]3CC.[Mg+2]. The van der Waals surface area contributed by atoms with Crippen LogP contribution in [0.3, 0.4) is 0 Å². The Labute approximate surface area is 341 Å². The van der Waals surface area contributed by atoms with E-state index in [1.165, 1.54) is 19.1 Å². The number of rotatable bonds is 12. The molecule has 3 aliphatic heterocycles. The molecule has 0 aromatic carbocycles. The number of allylic oxidation sites excluding steroid dienone is 5. The van der Waals surface area contributed by atoms with Gasteiger partial charge in [-0.1, -0.05) is 87.5 Å². The number of methoxy groups -OCH3 is 1. The molecule has 55 heavy (non-hydrogen) atoms. The largest absolute Gasteiger partial charge is 2.00 e. The summed E-state index contributed by atoms with van der Waals surface area (Å²) in [5.41, 5.74) is 9.05. The Balaban J connectivity index is 0.00000580. The molecule has 6 rings (SSSR count). The summed E-state index contributed by atoms with van der Waals surface area (Å²) in [4.78, 5) is 64.0. The van der Waals surface area contributed by atoms with Crippen LogP contribution in [0.5, 0.6) is 0 Å². The number of fused-ring (bicyclic) bond motifs is 7. The molecule has 2 aromatic heterocycles. The molecule has 2 fully saturated rings. The predicted molar refractivity (Wildman–Crippen MR) is 216 cm³/mol. The van der Waals surface area contributed by atoms with Crippen molar-refractivity contribution >= 4 is 70.4 Å². The number of hydrogen-bond donors (Lipinski definition) is 0. The van der Waals surface area contributed by atoms with Gasteiger partial charge >= 0.3 is 35.0 Å². The van der Waals surface area contributed by atoms with E-state index in [4.69, 9.17) is 30.1 Å². The van der Waals surface area contributed by atoms with E-state index in [0.29, 0.717) is 62.9 Å². The molecule has 4 aliphatic rings. The van der Waals surface area contributed by atoms with Crippen LogP contribution >= 0.6 is 0 Å². The summed E-state index contributed by atoms with van der Waals surface area (Å²) in [5.74, 6) is -3.16. The zero-order chi connectivity index (χ0) is 39.0. The fourth-order valence-electron chi connectivity index (χ4n) is 8.54. The quantitative estimate of drug-likeness (QED) is 0.0521. The first-order chi connectivity index (χ1) is 25.8. The van der Waals surface area contributed by atoms with Crippen molar-refractivity contribution < 1.29 is 28.7 Å². The predicted octanol–water partition coefficient (Wildman–Crippen LogP) is 9.01. The van der Waals surface area contributed by atoms with Gasteiger partial charge in [0.2, 0.25) is 0 Å². The maximum Gasteiger partial charge on any atom is 2.00 e. The van der Waals surface area contributed by atoms with Crippen molar-refractivity contribution in [2.24, 2.45) is 29.6 Å².